The van der Waals surface area contributed by atoms with Crippen molar-refractivity contribution < 1.29 is 0 Å². The minimum absolute atomic E-state index is 0.572. The summed E-state index contributed by atoms with van der Waals surface area (Å²) in [6.07, 6.45) is 5.00. The van der Waals surface area contributed by atoms with E-state index in [9.17, 15) is 0 Å². The number of thioether (sulfide) groups is 1. The number of rotatable bonds is 3. The van der Waals surface area contributed by atoms with Gasteiger partial charge in [0.25, 0.3) is 0 Å². The Balaban J connectivity index is 2.08. The molecule has 1 aromatic heterocycles. The second-order valence-electron chi connectivity index (χ2n) is 3.25. The van der Waals surface area contributed by atoms with E-state index in [-0.39, 0.29) is 0 Å². The zero-order valence-corrected chi connectivity index (χ0v) is 10.4. The number of nitriles is 1. The lowest BCUT2D eigenvalue weighted by Gasteiger charge is -2.03. The van der Waals surface area contributed by atoms with Gasteiger partial charge in [-0.2, -0.15) is 5.26 Å². The molecule has 0 spiro atoms. The summed E-state index contributed by atoms with van der Waals surface area (Å²) in [7, 11) is 0. The monoisotopic (exact) mass is 261 g/mol. The first kappa shape index (κ1) is 11.9. The fraction of sp³-hybridized carbons (Fsp3) is 0.0833. The highest BCUT2D eigenvalue weighted by Gasteiger charge is 2.03. The molecule has 0 N–H and O–H groups in total. The van der Waals surface area contributed by atoms with Gasteiger partial charge in [0.15, 0.2) is 0 Å². The number of benzene rings is 1. The summed E-state index contributed by atoms with van der Waals surface area (Å²) in [6, 6.07) is 7.36. The van der Waals surface area contributed by atoms with Crippen LogP contribution in [0.1, 0.15) is 11.1 Å². The standard InChI is InChI=1S/C12H8ClN3S/c13-11-5-9(6-14)1-2-10(11)8-17-12-7-15-3-4-16-12/h1-5,7H,8H2. The van der Waals surface area contributed by atoms with Gasteiger partial charge in [0.2, 0.25) is 0 Å². The van der Waals surface area contributed by atoms with E-state index < -0.39 is 0 Å². The van der Waals surface area contributed by atoms with Crippen molar-refractivity contribution in [1.29, 1.82) is 5.26 Å². The van der Waals surface area contributed by atoms with E-state index in [0.29, 0.717) is 16.3 Å². The largest absolute Gasteiger partial charge is 0.260 e. The lowest BCUT2D eigenvalue weighted by Crippen LogP contribution is -1.86. The molecule has 0 bridgehead atoms. The van der Waals surface area contributed by atoms with E-state index in [4.69, 9.17) is 16.9 Å². The fourth-order valence-electron chi connectivity index (χ4n) is 1.25. The average molecular weight is 262 g/mol. The summed E-state index contributed by atoms with van der Waals surface area (Å²) >= 11 is 7.63. The quantitative estimate of drug-likeness (QED) is 0.796. The van der Waals surface area contributed by atoms with E-state index in [2.05, 4.69) is 16.0 Å². The first-order valence-electron chi connectivity index (χ1n) is 4.87. The zero-order chi connectivity index (χ0) is 12.1. The van der Waals surface area contributed by atoms with Crippen LogP contribution in [0, 0.1) is 11.3 Å². The molecule has 17 heavy (non-hydrogen) atoms. The molecular formula is C12H8ClN3S. The van der Waals surface area contributed by atoms with Crippen molar-refractivity contribution in [2.75, 3.05) is 0 Å². The summed E-state index contributed by atoms with van der Waals surface area (Å²) < 4.78 is 0. The molecule has 0 amide bonds. The minimum atomic E-state index is 0.572. The lowest BCUT2D eigenvalue weighted by molar-refractivity contribution is 1.05. The first-order valence-corrected chi connectivity index (χ1v) is 6.23. The molecule has 0 aliphatic heterocycles. The van der Waals surface area contributed by atoms with Crippen molar-refractivity contribution in [3.05, 3.63) is 52.9 Å². The number of aromatic nitrogens is 2. The van der Waals surface area contributed by atoms with Crippen LogP contribution in [0.3, 0.4) is 0 Å². The van der Waals surface area contributed by atoms with Crippen LogP contribution in [0.5, 0.6) is 0 Å². The Bertz CT molecular complexity index is 551. The highest BCUT2D eigenvalue weighted by Crippen LogP contribution is 2.25. The number of hydrogen-bond donors (Lipinski definition) is 0. The third-order valence-electron chi connectivity index (χ3n) is 2.10. The molecule has 0 atom stereocenters. The maximum atomic E-state index is 8.73. The van der Waals surface area contributed by atoms with Crippen LogP contribution in [-0.4, -0.2) is 9.97 Å². The van der Waals surface area contributed by atoms with E-state index in [1.807, 2.05) is 6.07 Å². The smallest absolute Gasteiger partial charge is 0.115 e. The van der Waals surface area contributed by atoms with Crippen molar-refractivity contribution >= 4 is 23.4 Å². The Labute approximate surface area is 108 Å². The number of halogens is 1. The van der Waals surface area contributed by atoms with Crippen LogP contribution in [0.15, 0.2) is 41.8 Å². The number of hydrogen-bond acceptors (Lipinski definition) is 4. The van der Waals surface area contributed by atoms with Gasteiger partial charge in [-0.25, -0.2) is 4.98 Å². The van der Waals surface area contributed by atoms with Gasteiger partial charge in [0.05, 0.1) is 17.8 Å². The van der Waals surface area contributed by atoms with Crippen LogP contribution in [0.2, 0.25) is 5.02 Å². The van der Waals surface area contributed by atoms with Crippen molar-refractivity contribution in [3.63, 3.8) is 0 Å². The van der Waals surface area contributed by atoms with Gasteiger partial charge in [-0.05, 0) is 17.7 Å². The summed E-state index contributed by atoms with van der Waals surface area (Å²) in [4.78, 5) is 8.15. The summed E-state index contributed by atoms with van der Waals surface area (Å²) in [6.45, 7) is 0. The summed E-state index contributed by atoms with van der Waals surface area (Å²) in [5.74, 6) is 0.712. The van der Waals surface area contributed by atoms with Crippen molar-refractivity contribution in [2.24, 2.45) is 0 Å². The van der Waals surface area contributed by atoms with E-state index in [1.165, 1.54) is 0 Å². The van der Waals surface area contributed by atoms with E-state index in [0.717, 1.165) is 10.6 Å². The molecule has 2 aromatic rings. The second-order valence-corrected chi connectivity index (χ2v) is 4.65. The summed E-state index contributed by atoms with van der Waals surface area (Å²) in [5.41, 5.74) is 1.56. The van der Waals surface area contributed by atoms with Gasteiger partial charge in [0, 0.05) is 23.2 Å². The van der Waals surface area contributed by atoms with Crippen LogP contribution < -0.4 is 0 Å². The van der Waals surface area contributed by atoms with Gasteiger partial charge in [0.1, 0.15) is 5.03 Å². The Kier molecular flexibility index (Phi) is 3.97. The van der Waals surface area contributed by atoms with Gasteiger partial charge >= 0.3 is 0 Å². The summed E-state index contributed by atoms with van der Waals surface area (Å²) in [5, 5.41) is 10.2. The van der Waals surface area contributed by atoms with Crippen LogP contribution in [0.4, 0.5) is 0 Å². The minimum Gasteiger partial charge on any atom is -0.260 e. The highest BCUT2D eigenvalue weighted by atomic mass is 35.5. The number of nitrogens with zero attached hydrogens (tertiary/aromatic N) is 3. The Hall–Kier alpha value is -1.57. The average Bonchev–Trinajstić information content (AvgIpc) is 2.38. The molecular weight excluding hydrogens is 254 g/mol. The third kappa shape index (κ3) is 3.19. The van der Waals surface area contributed by atoms with Crippen LogP contribution in [0.25, 0.3) is 0 Å². The lowest BCUT2D eigenvalue weighted by atomic mass is 10.2. The van der Waals surface area contributed by atoms with E-state index >= 15 is 0 Å². The topological polar surface area (TPSA) is 49.6 Å². The van der Waals surface area contributed by atoms with Crippen LogP contribution >= 0.6 is 23.4 Å². The van der Waals surface area contributed by atoms with Gasteiger partial charge in [-0.15, -0.1) is 11.8 Å². The van der Waals surface area contributed by atoms with Crippen LogP contribution in [-0.2, 0) is 5.75 Å². The highest BCUT2D eigenvalue weighted by molar-refractivity contribution is 7.98. The molecule has 0 fully saturated rings. The molecule has 0 saturated heterocycles. The zero-order valence-electron chi connectivity index (χ0n) is 8.80. The molecule has 1 aromatic carbocycles. The Morgan fingerprint density at radius 1 is 1.35 bits per heavy atom. The van der Waals surface area contributed by atoms with E-state index in [1.54, 1.807) is 42.5 Å². The van der Waals surface area contributed by atoms with Gasteiger partial charge in [-0.3, -0.25) is 4.98 Å². The normalized spacial score (nSPS) is 9.88. The van der Waals surface area contributed by atoms with Crippen molar-refractivity contribution in [1.82, 2.24) is 9.97 Å². The first-order chi connectivity index (χ1) is 8.29. The van der Waals surface area contributed by atoms with Gasteiger partial charge in [-0.1, -0.05) is 17.7 Å². The predicted molar refractivity (Wildman–Crippen MR) is 67.8 cm³/mol. The molecule has 5 heteroatoms. The second kappa shape index (κ2) is 5.67. The molecule has 0 radical (unpaired) electrons. The van der Waals surface area contributed by atoms with Crippen molar-refractivity contribution in [3.8, 4) is 6.07 Å². The molecule has 84 valence electrons. The molecule has 0 unspecified atom stereocenters. The predicted octanol–water partition coefficient (Wildman–Crippen LogP) is 3.29. The fourth-order valence-corrected chi connectivity index (χ4v) is 2.40. The maximum absolute atomic E-state index is 8.73. The molecule has 2 rings (SSSR count). The van der Waals surface area contributed by atoms with Crippen molar-refractivity contribution in [2.45, 2.75) is 10.8 Å². The maximum Gasteiger partial charge on any atom is 0.115 e. The molecule has 0 aliphatic carbocycles. The molecule has 1 heterocycles. The molecule has 0 aliphatic rings. The Morgan fingerprint density at radius 2 is 2.24 bits per heavy atom. The third-order valence-corrected chi connectivity index (χ3v) is 3.41. The molecule has 0 saturated carbocycles. The Morgan fingerprint density at radius 3 is 2.88 bits per heavy atom. The molecule has 3 nitrogen and oxygen atoms in total. The SMILES string of the molecule is N#Cc1ccc(CSc2cnccn2)c(Cl)c1. The van der Waals surface area contributed by atoms with Gasteiger partial charge < -0.3 is 0 Å².